The number of amides is 4. The monoisotopic (exact) mass is 330 g/mol. The Labute approximate surface area is 141 Å². The minimum Gasteiger partial charge on any atom is -0.336 e. The molecule has 0 unspecified atom stereocenters. The third-order valence-electron chi connectivity index (χ3n) is 3.71. The number of hydrogen-bond donors (Lipinski definition) is 2. The first-order valence-electron chi connectivity index (χ1n) is 7.85. The van der Waals surface area contributed by atoms with Crippen molar-refractivity contribution in [2.24, 2.45) is 0 Å². The summed E-state index contributed by atoms with van der Waals surface area (Å²) < 4.78 is 0. The van der Waals surface area contributed by atoms with Gasteiger partial charge in [-0.05, 0) is 12.1 Å². The number of piperazine rings is 1. The van der Waals surface area contributed by atoms with Gasteiger partial charge in [0.25, 0.3) is 5.91 Å². The van der Waals surface area contributed by atoms with Gasteiger partial charge < -0.3 is 10.2 Å². The summed E-state index contributed by atoms with van der Waals surface area (Å²) in [5.41, 5.74) is 0.669. The zero-order valence-corrected chi connectivity index (χ0v) is 13.5. The molecular formula is C17H22N4O3. The summed E-state index contributed by atoms with van der Waals surface area (Å²) in [6.07, 6.45) is 1.53. The van der Waals surface area contributed by atoms with Crippen LogP contribution in [0.15, 0.2) is 43.0 Å². The van der Waals surface area contributed by atoms with Crippen molar-refractivity contribution >= 4 is 17.8 Å². The predicted molar refractivity (Wildman–Crippen MR) is 90.5 cm³/mol. The third-order valence-corrected chi connectivity index (χ3v) is 3.71. The van der Waals surface area contributed by atoms with Crippen molar-refractivity contribution in [1.29, 1.82) is 0 Å². The van der Waals surface area contributed by atoms with E-state index in [-0.39, 0.29) is 18.4 Å². The van der Waals surface area contributed by atoms with Crippen molar-refractivity contribution in [3.8, 4) is 0 Å². The predicted octanol–water partition coefficient (Wildman–Crippen LogP) is 0.456. The van der Waals surface area contributed by atoms with E-state index in [0.29, 0.717) is 38.3 Å². The molecule has 1 heterocycles. The van der Waals surface area contributed by atoms with E-state index in [1.54, 1.807) is 17.0 Å². The number of imide groups is 1. The molecule has 24 heavy (non-hydrogen) atoms. The average molecular weight is 330 g/mol. The molecule has 1 aliphatic rings. The zero-order valence-electron chi connectivity index (χ0n) is 13.5. The van der Waals surface area contributed by atoms with Gasteiger partial charge in [-0.1, -0.05) is 24.3 Å². The van der Waals surface area contributed by atoms with Gasteiger partial charge in [-0.3, -0.25) is 19.8 Å². The van der Waals surface area contributed by atoms with E-state index in [1.807, 2.05) is 23.1 Å². The lowest BCUT2D eigenvalue weighted by Gasteiger charge is -2.34. The Bertz CT molecular complexity index is 595. The van der Waals surface area contributed by atoms with Crippen LogP contribution in [-0.4, -0.2) is 66.9 Å². The lowest BCUT2D eigenvalue weighted by atomic mass is 10.2. The molecule has 0 atom stereocenters. The maximum atomic E-state index is 12.3. The summed E-state index contributed by atoms with van der Waals surface area (Å²) in [4.78, 5) is 39.2. The number of carbonyl (C=O) groups excluding carboxylic acids is 3. The number of urea groups is 1. The van der Waals surface area contributed by atoms with Crippen molar-refractivity contribution in [3.63, 3.8) is 0 Å². The fourth-order valence-corrected chi connectivity index (χ4v) is 2.45. The SMILES string of the molecule is C=CCNC(=O)NC(=O)CN1CCN(C(=O)c2ccccc2)CC1. The van der Waals surface area contributed by atoms with Crippen molar-refractivity contribution < 1.29 is 14.4 Å². The highest BCUT2D eigenvalue weighted by atomic mass is 16.2. The molecule has 1 aliphatic heterocycles. The quantitative estimate of drug-likeness (QED) is 0.769. The first-order valence-corrected chi connectivity index (χ1v) is 7.85. The minimum absolute atomic E-state index is 0.00324. The molecule has 7 nitrogen and oxygen atoms in total. The smallest absolute Gasteiger partial charge is 0.321 e. The summed E-state index contributed by atoms with van der Waals surface area (Å²) in [5.74, 6) is -0.358. The number of rotatable bonds is 5. The highest BCUT2D eigenvalue weighted by molar-refractivity contribution is 5.95. The molecule has 1 aromatic carbocycles. The van der Waals surface area contributed by atoms with Crippen molar-refractivity contribution in [3.05, 3.63) is 48.6 Å². The van der Waals surface area contributed by atoms with E-state index in [0.717, 1.165) is 0 Å². The van der Waals surface area contributed by atoms with Gasteiger partial charge in [-0.15, -0.1) is 6.58 Å². The van der Waals surface area contributed by atoms with Gasteiger partial charge in [0, 0.05) is 38.3 Å². The van der Waals surface area contributed by atoms with Crippen LogP contribution in [0.1, 0.15) is 10.4 Å². The second-order valence-corrected chi connectivity index (χ2v) is 5.48. The number of carbonyl (C=O) groups is 3. The van der Waals surface area contributed by atoms with Crippen LogP contribution in [-0.2, 0) is 4.79 Å². The molecule has 2 rings (SSSR count). The fourth-order valence-electron chi connectivity index (χ4n) is 2.45. The van der Waals surface area contributed by atoms with Crippen LogP contribution in [0, 0.1) is 0 Å². The topological polar surface area (TPSA) is 81.8 Å². The van der Waals surface area contributed by atoms with Gasteiger partial charge in [0.2, 0.25) is 5.91 Å². The molecule has 0 aromatic heterocycles. The van der Waals surface area contributed by atoms with Gasteiger partial charge in [-0.25, -0.2) is 4.79 Å². The lowest BCUT2D eigenvalue weighted by Crippen LogP contribution is -2.52. The summed E-state index contributed by atoms with van der Waals surface area (Å²) >= 11 is 0. The fraction of sp³-hybridized carbons (Fsp3) is 0.353. The first kappa shape index (κ1) is 17.7. The standard InChI is InChI=1S/C17H22N4O3/c1-2-8-18-17(24)19-15(22)13-20-9-11-21(12-10-20)16(23)14-6-4-3-5-7-14/h2-7H,1,8-13H2,(H2,18,19,22,24). The third kappa shape index (κ3) is 5.20. The Balaban J connectivity index is 1.74. The van der Waals surface area contributed by atoms with E-state index >= 15 is 0 Å². The number of hydrogen-bond acceptors (Lipinski definition) is 4. The normalized spacial score (nSPS) is 14.8. The lowest BCUT2D eigenvalue weighted by molar-refractivity contribution is -0.121. The van der Waals surface area contributed by atoms with Crippen LogP contribution >= 0.6 is 0 Å². The number of nitrogens with one attached hydrogen (secondary N) is 2. The van der Waals surface area contributed by atoms with Crippen molar-refractivity contribution in [2.75, 3.05) is 39.3 Å². The molecule has 128 valence electrons. The zero-order chi connectivity index (χ0) is 17.4. The Kier molecular flexibility index (Phi) is 6.51. The van der Waals surface area contributed by atoms with Crippen LogP contribution in [0.4, 0.5) is 4.79 Å². The first-order chi connectivity index (χ1) is 11.6. The van der Waals surface area contributed by atoms with Crippen molar-refractivity contribution in [1.82, 2.24) is 20.4 Å². The maximum absolute atomic E-state index is 12.3. The van der Waals surface area contributed by atoms with Gasteiger partial charge in [-0.2, -0.15) is 0 Å². The summed E-state index contributed by atoms with van der Waals surface area (Å²) in [7, 11) is 0. The molecule has 0 aliphatic carbocycles. The molecule has 1 saturated heterocycles. The molecule has 0 saturated carbocycles. The maximum Gasteiger partial charge on any atom is 0.321 e. The van der Waals surface area contributed by atoms with Gasteiger partial charge in [0.05, 0.1) is 6.54 Å². The molecule has 0 radical (unpaired) electrons. The molecule has 1 aromatic rings. The van der Waals surface area contributed by atoms with E-state index in [1.165, 1.54) is 6.08 Å². The van der Waals surface area contributed by atoms with Crippen LogP contribution in [0.2, 0.25) is 0 Å². The Hall–Kier alpha value is -2.67. The summed E-state index contributed by atoms with van der Waals surface area (Å²) in [5, 5.41) is 4.74. The highest BCUT2D eigenvalue weighted by Crippen LogP contribution is 2.08. The minimum atomic E-state index is -0.530. The van der Waals surface area contributed by atoms with E-state index < -0.39 is 6.03 Å². The molecule has 7 heteroatoms. The second-order valence-electron chi connectivity index (χ2n) is 5.48. The Morgan fingerprint density at radius 2 is 1.75 bits per heavy atom. The van der Waals surface area contributed by atoms with Crippen LogP contribution in [0.3, 0.4) is 0 Å². The Morgan fingerprint density at radius 3 is 2.38 bits per heavy atom. The van der Waals surface area contributed by atoms with E-state index in [9.17, 15) is 14.4 Å². The number of benzene rings is 1. The number of nitrogens with zero attached hydrogens (tertiary/aromatic N) is 2. The van der Waals surface area contributed by atoms with Gasteiger partial charge >= 0.3 is 6.03 Å². The average Bonchev–Trinajstić information content (AvgIpc) is 2.60. The molecule has 4 amide bonds. The largest absolute Gasteiger partial charge is 0.336 e. The molecule has 1 fully saturated rings. The van der Waals surface area contributed by atoms with Crippen LogP contribution in [0.25, 0.3) is 0 Å². The highest BCUT2D eigenvalue weighted by Gasteiger charge is 2.23. The molecule has 0 bridgehead atoms. The molecular weight excluding hydrogens is 308 g/mol. The summed E-state index contributed by atoms with van der Waals surface area (Å²) in [6, 6.07) is 8.61. The van der Waals surface area contributed by atoms with E-state index in [4.69, 9.17) is 0 Å². The van der Waals surface area contributed by atoms with Crippen molar-refractivity contribution in [2.45, 2.75) is 0 Å². The Morgan fingerprint density at radius 1 is 1.08 bits per heavy atom. The van der Waals surface area contributed by atoms with Gasteiger partial charge in [0.1, 0.15) is 0 Å². The summed E-state index contributed by atoms with van der Waals surface area (Å²) in [6.45, 7) is 6.23. The van der Waals surface area contributed by atoms with Crippen LogP contribution in [0.5, 0.6) is 0 Å². The molecule has 0 spiro atoms. The molecule has 2 N–H and O–H groups in total. The second kappa shape index (κ2) is 8.83. The van der Waals surface area contributed by atoms with Crippen LogP contribution < -0.4 is 10.6 Å². The van der Waals surface area contributed by atoms with E-state index in [2.05, 4.69) is 17.2 Å². The van der Waals surface area contributed by atoms with Gasteiger partial charge in [0.15, 0.2) is 0 Å².